The van der Waals surface area contributed by atoms with Crippen molar-refractivity contribution in [2.45, 2.75) is 26.1 Å². The highest BCUT2D eigenvalue weighted by molar-refractivity contribution is 7.11. The second kappa shape index (κ2) is 6.30. The van der Waals surface area contributed by atoms with E-state index in [0.29, 0.717) is 11.1 Å². The summed E-state index contributed by atoms with van der Waals surface area (Å²) in [6, 6.07) is 2.41. The number of halogens is 3. The maximum atomic E-state index is 12.6. The number of rotatable bonds is 5. The van der Waals surface area contributed by atoms with Crippen molar-refractivity contribution in [3.63, 3.8) is 0 Å². The Kier molecular flexibility index (Phi) is 4.65. The molecule has 0 aliphatic heterocycles. The van der Waals surface area contributed by atoms with Crippen LogP contribution in [-0.4, -0.2) is 9.91 Å². The van der Waals surface area contributed by atoms with E-state index >= 15 is 0 Å². The van der Waals surface area contributed by atoms with Crippen LogP contribution in [0.15, 0.2) is 24.4 Å². The largest absolute Gasteiger partial charge is 0.416 e. The predicted octanol–water partition coefficient (Wildman–Crippen LogP) is 4.24. The van der Waals surface area contributed by atoms with Crippen molar-refractivity contribution in [2.24, 2.45) is 0 Å². The smallest absolute Gasteiger partial charge is 0.373 e. The van der Waals surface area contributed by atoms with Gasteiger partial charge in [-0.15, -0.1) is 11.3 Å². The number of nitro groups is 1. The highest BCUT2D eigenvalue weighted by Crippen LogP contribution is 2.35. The van der Waals surface area contributed by atoms with Gasteiger partial charge in [0.05, 0.1) is 17.0 Å². The molecule has 118 valence electrons. The summed E-state index contributed by atoms with van der Waals surface area (Å²) in [5.74, 6) is 0. The molecule has 1 aromatic carbocycles. The molecule has 0 radical (unpaired) electrons. The lowest BCUT2D eigenvalue weighted by molar-refractivity contribution is -0.384. The Morgan fingerprint density at radius 3 is 2.68 bits per heavy atom. The first-order valence-electron chi connectivity index (χ1n) is 6.34. The quantitative estimate of drug-likeness (QED) is 0.657. The lowest BCUT2D eigenvalue weighted by atomic mass is 10.1. The summed E-state index contributed by atoms with van der Waals surface area (Å²) >= 11 is 1.45. The SMILES string of the molecule is CCc1cnc(CNc2ccc(C(F)(F)F)cc2[N+](=O)[O-])s1. The van der Waals surface area contributed by atoms with E-state index < -0.39 is 22.4 Å². The van der Waals surface area contributed by atoms with Gasteiger partial charge in [-0.05, 0) is 18.6 Å². The Morgan fingerprint density at radius 2 is 2.14 bits per heavy atom. The third-order valence-electron chi connectivity index (χ3n) is 2.90. The maximum Gasteiger partial charge on any atom is 0.416 e. The van der Waals surface area contributed by atoms with Gasteiger partial charge in [0.25, 0.3) is 5.69 Å². The second-order valence-electron chi connectivity index (χ2n) is 4.41. The summed E-state index contributed by atoms with van der Waals surface area (Å²) in [7, 11) is 0. The Labute approximate surface area is 128 Å². The third kappa shape index (κ3) is 3.73. The Bertz CT molecular complexity index is 685. The van der Waals surface area contributed by atoms with Gasteiger partial charge in [-0.25, -0.2) is 4.98 Å². The van der Waals surface area contributed by atoms with Crippen molar-refractivity contribution in [3.05, 3.63) is 50.0 Å². The van der Waals surface area contributed by atoms with E-state index in [0.717, 1.165) is 23.4 Å². The van der Waals surface area contributed by atoms with Gasteiger partial charge >= 0.3 is 6.18 Å². The molecule has 0 atom stereocenters. The van der Waals surface area contributed by atoms with E-state index in [1.807, 2.05) is 6.92 Å². The molecular formula is C13H12F3N3O2S. The molecule has 1 N–H and O–H groups in total. The van der Waals surface area contributed by atoms with E-state index in [9.17, 15) is 23.3 Å². The fourth-order valence-electron chi connectivity index (χ4n) is 1.77. The van der Waals surface area contributed by atoms with Crippen molar-refractivity contribution < 1.29 is 18.1 Å². The summed E-state index contributed by atoms with van der Waals surface area (Å²) < 4.78 is 37.8. The molecule has 0 saturated carbocycles. The first-order chi connectivity index (χ1) is 10.3. The fourth-order valence-corrected chi connectivity index (χ4v) is 2.57. The summed E-state index contributed by atoms with van der Waals surface area (Å²) in [6.45, 7) is 2.20. The predicted molar refractivity (Wildman–Crippen MR) is 76.9 cm³/mol. The van der Waals surface area contributed by atoms with Crippen molar-refractivity contribution in [1.29, 1.82) is 0 Å². The van der Waals surface area contributed by atoms with Gasteiger partial charge in [-0.1, -0.05) is 6.92 Å². The van der Waals surface area contributed by atoms with Crippen LogP contribution in [0.4, 0.5) is 24.5 Å². The summed E-state index contributed by atoms with van der Waals surface area (Å²) in [6.07, 6.45) is -2.07. The zero-order chi connectivity index (χ0) is 16.3. The van der Waals surface area contributed by atoms with Crippen LogP contribution in [0.5, 0.6) is 0 Å². The van der Waals surface area contributed by atoms with Gasteiger partial charge in [-0.3, -0.25) is 10.1 Å². The third-order valence-corrected chi connectivity index (χ3v) is 4.04. The average molecular weight is 331 g/mol. The Balaban J connectivity index is 2.21. The maximum absolute atomic E-state index is 12.6. The monoisotopic (exact) mass is 331 g/mol. The number of alkyl halides is 3. The normalized spacial score (nSPS) is 11.5. The number of benzene rings is 1. The van der Waals surface area contributed by atoms with Crippen molar-refractivity contribution in [2.75, 3.05) is 5.32 Å². The Hall–Kier alpha value is -2.16. The van der Waals surface area contributed by atoms with Crippen LogP contribution in [-0.2, 0) is 19.1 Å². The van der Waals surface area contributed by atoms with E-state index in [1.54, 1.807) is 6.20 Å². The van der Waals surface area contributed by atoms with E-state index in [4.69, 9.17) is 0 Å². The zero-order valence-corrected chi connectivity index (χ0v) is 12.3. The summed E-state index contributed by atoms with van der Waals surface area (Å²) in [4.78, 5) is 15.3. The number of nitrogens with one attached hydrogen (secondary N) is 1. The van der Waals surface area contributed by atoms with E-state index in [2.05, 4.69) is 10.3 Å². The molecule has 2 rings (SSSR count). The van der Waals surface area contributed by atoms with Crippen LogP contribution in [0.3, 0.4) is 0 Å². The first-order valence-corrected chi connectivity index (χ1v) is 7.16. The van der Waals surface area contributed by atoms with Gasteiger partial charge < -0.3 is 5.32 Å². The molecule has 1 heterocycles. The standard InChI is InChI=1S/C13H12F3N3O2S/c1-2-9-6-18-12(22-9)7-17-10-4-3-8(13(14,15)16)5-11(10)19(20)21/h3-6,17H,2,7H2,1H3. The Morgan fingerprint density at radius 1 is 1.41 bits per heavy atom. The first kappa shape index (κ1) is 16.2. The lowest BCUT2D eigenvalue weighted by Crippen LogP contribution is -2.08. The number of aryl methyl sites for hydroxylation is 1. The highest BCUT2D eigenvalue weighted by atomic mass is 32.1. The van der Waals surface area contributed by atoms with Gasteiger partial charge in [-0.2, -0.15) is 13.2 Å². The fraction of sp³-hybridized carbons (Fsp3) is 0.308. The van der Waals surface area contributed by atoms with Crippen LogP contribution >= 0.6 is 11.3 Å². The number of hydrogen-bond acceptors (Lipinski definition) is 5. The van der Waals surface area contributed by atoms with Crippen LogP contribution in [0.25, 0.3) is 0 Å². The van der Waals surface area contributed by atoms with Crippen LogP contribution in [0.1, 0.15) is 22.4 Å². The van der Waals surface area contributed by atoms with Gasteiger partial charge in [0.15, 0.2) is 0 Å². The topological polar surface area (TPSA) is 68.1 Å². The average Bonchev–Trinajstić information content (AvgIpc) is 2.91. The van der Waals surface area contributed by atoms with Crippen molar-refractivity contribution in [1.82, 2.24) is 4.98 Å². The van der Waals surface area contributed by atoms with E-state index in [-0.39, 0.29) is 12.2 Å². The molecule has 0 amide bonds. The van der Waals surface area contributed by atoms with Crippen LogP contribution < -0.4 is 5.32 Å². The molecule has 0 unspecified atom stereocenters. The van der Waals surface area contributed by atoms with Crippen LogP contribution in [0.2, 0.25) is 0 Å². The van der Waals surface area contributed by atoms with Crippen molar-refractivity contribution in [3.8, 4) is 0 Å². The number of nitrogens with zero attached hydrogens (tertiary/aromatic N) is 2. The molecule has 5 nitrogen and oxygen atoms in total. The minimum atomic E-state index is -4.62. The van der Waals surface area contributed by atoms with Gasteiger partial charge in [0.2, 0.25) is 0 Å². The summed E-state index contributed by atoms with van der Waals surface area (Å²) in [5.41, 5.74) is -1.62. The number of aromatic nitrogens is 1. The molecule has 2 aromatic rings. The molecule has 22 heavy (non-hydrogen) atoms. The molecule has 0 aliphatic carbocycles. The lowest BCUT2D eigenvalue weighted by Gasteiger charge is -2.09. The van der Waals surface area contributed by atoms with Crippen LogP contribution in [0, 0.1) is 10.1 Å². The molecule has 0 spiro atoms. The minimum absolute atomic E-state index is 0.0336. The molecule has 0 saturated heterocycles. The number of anilines is 1. The van der Waals surface area contributed by atoms with E-state index in [1.165, 1.54) is 11.3 Å². The van der Waals surface area contributed by atoms with Crippen molar-refractivity contribution >= 4 is 22.7 Å². The van der Waals surface area contributed by atoms with Gasteiger partial charge in [0.1, 0.15) is 10.7 Å². The molecule has 0 fully saturated rings. The molecule has 1 aromatic heterocycles. The molecular weight excluding hydrogens is 319 g/mol. The highest BCUT2D eigenvalue weighted by Gasteiger charge is 2.33. The second-order valence-corrected chi connectivity index (χ2v) is 5.61. The minimum Gasteiger partial charge on any atom is -0.373 e. The number of hydrogen-bond donors (Lipinski definition) is 1. The summed E-state index contributed by atoms with van der Waals surface area (Å²) in [5, 5.41) is 14.4. The van der Waals surface area contributed by atoms with Gasteiger partial charge in [0, 0.05) is 17.1 Å². The molecule has 0 aliphatic rings. The molecule has 0 bridgehead atoms. The number of thiazole rings is 1. The molecule has 9 heteroatoms. The zero-order valence-electron chi connectivity index (χ0n) is 11.5. The number of nitro benzene ring substituents is 1.